The summed E-state index contributed by atoms with van der Waals surface area (Å²) >= 11 is 1.42. The van der Waals surface area contributed by atoms with Gasteiger partial charge in [-0.05, 0) is 37.3 Å². The number of hydrogen-bond donors (Lipinski definition) is 2. The fourth-order valence-electron chi connectivity index (χ4n) is 3.26. The minimum absolute atomic E-state index is 0.0180. The molecule has 1 atom stereocenters. The van der Waals surface area contributed by atoms with E-state index in [0.29, 0.717) is 22.5 Å². The van der Waals surface area contributed by atoms with Crippen LogP contribution in [0.3, 0.4) is 0 Å². The van der Waals surface area contributed by atoms with Gasteiger partial charge in [0, 0.05) is 11.6 Å². The van der Waals surface area contributed by atoms with Gasteiger partial charge in [-0.1, -0.05) is 37.3 Å². The number of benzene rings is 1. The third kappa shape index (κ3) is 3.95. The minimum atomic E-state index is -0.253. The zero-order valence-electron chi connectivity index (χ0n) is 15.4. The number of nitrogens with one attached hydrogen (secondary N) is 2. The number of fused-ring (bicyclic) bond motifs is 1. The summed E-state index contributed by atoms with van der Waals surface area (Å²) in [6.45, 7) is 4.19. The molecule has 1 aromatic heterocycles. The summed E-state index contributed by atoms with van der Waals surface area (Å²) in [6.07, 6.45) is 2.84. The molecule has 0 radical (unpaired) electrons. The average molecular weight is 385 g/mol. The normalized spacial score (nSPS) is 19.0. The van der Waals surface area contributed by atoms with Crippen molar-refractivity contribution in [3.8, 4) is 0 Å². The van der Waals surface area contributed by atoms with E-state index in [1.807, 2.05) is 18.2 Å². The van der Waals surface area contributed by atoms with Gasteiger partial charge in [0.05, 0.1) is 5.56 Å². The molecule has 1 aliphatic carbocycles. The molecule has 0 unspecified atom stereocenters. The number of hydrogen-bond acceptors (Lipinski definition) is 6. The monoisotopic (exact) mass is 385 g/mol. The molecule has 1 aliphatic heterocycles. The Bertz CT molecular complexity index is 861. The van der Waals surface area contributed by atoms with Crippen LogP contribution in [0.5, 0.6) is 0 Å². The van der Waals surface area contributed by atoms with E-state index in [2.05, 4.69) is 34.7 Å². The van der Waals surface area contributed by atoms with Crippen molar-refractivity contribution in [2.45, 2.75) is 45.2 Å². The van der Waals surface area contributed by atoms with Gasteiger partial charge in [0.15, 0.2) is 0 Å². The lowest BCUT2D eigenvalue weighted by molar-refractivity contribution is -0.117. The van der Waals surface area contributed by atoms with E-state index in [-0.39, 0.29) is 24.5 Å². The van der Waals surface area contributed by atoms with Crippen LogP contribution in [0.25, 0.3) is 0 Å². The van der Waals surface area contributed by atoms with Gasteiger partial charge in [-0.2, -0.15) is 0 Å². The SMILES string of the molecule is CC(C)C[C@H]1Nc2ccccc2C(=O)N1CC(=O)Nc1nnc(C2CC2)s1. The first kappa shape index (κ1) is 17.9. The summed E-state index contributed by atoms with van der Waals surface area (Å²) in [5.41, 5.74) is 1.42. The number of rotatable bonds is 6. The molecule has 7 nitrogen and oxygen atoms in total. The maximum atomic E-state index is 13.0. The lowest BCUT2D eigenvalue weighted by Crippen LogP contribution is -2.52. The van der Waals surface area contributed by atoms with Crippen LogP contribution in [-0.2, 0) is 4.79 Å². The van der Waals surface area contributed by atoms with Crippen molar-refractivity contribution < 1.29 is 9.59 Å². The zero-order valence-corrected chi connectivity index (χ0v) is 16.3. The second-order valence-corrected chi connectivity index (χ2v) is 8.55. The summed E-state index contributed by atoms with van der Waals surface area (Å²) in [7, 11) is 0. The largest absolute Gasteiger partial charge is 0.364 e. The van der Waals surface area contributed by atoms with E-state index in [1.54, 1.807) is 11.0 Å². The predicted octanol–water partition coefficient (Wildman–Crippen LogP) is 3.29. The average Bonchev–Trinajstić information content (AvgIpc) is 3.38. The highest BCUT2D eigenvalue weighted by Gasteiger charge is 2.33. The van der Waals surface area contributed by atoms with Gasteiger partial charge in [-0.3, -0.25) is 14.9 Å². The lowest BCUT2D eigenvalue weighted by atomic mass is 10.0. The first-order valence-corrected chi connectivity index (χ1v) is 10.1. The van der Waals surface area contributed by atoms with Crippen LogP contribution in [0.4, 0.5) is 10.8 Å². The zero-order chi connectivity index (χ0) is 19.0. The second-order valence-electron chi connectivity index (χ2n) is 7.54. The maximum absolute atomic E-state index is 13.0. The van der Waals surface area contributed by atoms with Crippen molar-refractivity contribution in [3.05, 3.63) is 34.8 Å². The first-order valence-electron chi connectivity index (χ1n) is 9.31. The van der Waals surface area contributed by atoms with Crippen LogP contribution >= 0.6 is 11.3 Å². The molecule has 1 aromatic carbocycles. The second kappa shape index (κ2) is 7.26. The van der Waals surface area contributed by atoms with Gasteiger partial charge in [0.2, 0.25) is 11.0 Å². The molecule has 2 aliphatic rings. The summed E-state index contributed by atoms with van der Waals surface area (Å²) in [6, 6.07) is 7.42. The van der Waals surface area contributed by atoms with E-state index in [9.17, 15) is 9.59 Å². The van der Waals surface area contributed by atoms with Gasteiger partial charge in [0.1, 0.15) is 17.7 Å². The summed E-state index contributed by atoms with van der Waals surface area (Å²) in [5, 5.41) is 15.9. The van der Waals surface area contributed by atoms with Crippen LogP contribution in [0.1, 0.15) is 54.4 Å². The molecule has 2 amide bonds. The number of nitrogens with zero attached hydrogens (tertiary/aromatic N) is 3. The standard InChI is InChI=1S/C19H23N5O2S/c1-11(2)9-15-20-14-6-4-3-5-13(14)18(26)24(15)10-16(25)21-19-23-22-17(27-19)12-7-8-12/h3-6,11-12,15,20H,7-10H2,1-2H3,(H,21,23,25)/t15-/m0/s1. The fourth-order valence-corrected chi connectivity index (χ4v) is 4.19. The number of carbonyl (C=O) groups excluding carboxylic acids is 2. The molecular formula is C19H23N5O2S. The Hall–Kier alpha value is -2.48. The first-order chi connectivity index (χ1) is 13.0. The van der Waals surface area contributed by atoms with Crippen molar-refractivity contribution in [2.75, 3.05) is 17.2 Å². The number of aromatic nitrogens is 2. The van der Waals surface area contributed by atoms with E-state index in [1.165, 1.54) is 11.3 Å². The Labute approximate surface area is 162 Å². The highest BCUT2D eigenvalue weighted by Crippen LogP contribution is 2.42. The Morgan fingerprint density at radius 2 is 2.11 bits per heavy atom. The van der Waals surface area contributed by atoms with Gasteiger partial charge in [-0.25, -0.2) is 0 Å². The van der Waals surface area contributed by atoms with Crippen LogP contribution in [-0.4, -0.2) is 39.6 Å². The Kier molecular flexibility index (Phi) is 4.82. The lowest BCUT2D eigenvalue weighted by Gasteiger charge is -2.38. The van der Waals surface area contributed by atoms with Gasteiger partial charge in [0.25, 0.3) is 5.91 Å². The molecule has 0 spiro atoms. The quantitative estimate of drug-likeness (QED) is 0.797. The molecule has 142 valence electrons. The van der Waals surface area contributed by atoms with Crippen LogP contribution in [0, 0.1) is 5.92 Å². The van der Waals surface area contributed by atoms with Gasteiger partial charge in [-0.15, -0.1) is 10.2 Å². The molecule has 27 heavy (non-hydrogen) atoms. The highest BCUT2D eigenvalue weighted by atomic mass is 32.1. The van der Waals surface area contributed by atoms with E-state index >= 15 is 0 Å². The molecular weight excluding hydrogens is 362 g/mol. The molecule has 1 saturated carbocycles. The van der Waals surface area contributed by atoms with Crippen LogP contribution in [0.2, 0.25) is 0 Å². The third-order valence-electron chi connectivity index (χ3n) is 4.74. The number of para-hydroxylation sites is 1. The highest BCUT2D eigenvalue weighted by molar-refractivity contribution is 7.15. The molecule has 0 bridgehead atoms. The topological polar surface area (TPSA) is 87.2 Å². The van der Waals surface area contributed by atoms with E-state index < -0.39 is 0 Å². The molecule has 2 aromatic rings. The fraction of sp³-hybridized carbons (Fsp3) is 0.474. The molecule has 2 heterocycles. The van der Waals surface area contributed by atoms with Gasteiger partial charge < -0.3 is 10.2 Å². The van der Waals surface area contributed by atoms with Crippen LogP contribution in [0.15, 0.2) is 24.3 Å². The number of carbonyl (C=O) groups is 2. The Balaban J connectivity index is 1.48. The Morgan fingerprint density at radius 3 is 2.85 bits per heavy atom. The van der Waals surface area contributed by atoms with Crippen molar-refractivity contribution in [2.24, 2.45) is 5.92 Å². The Morgan fingerprint density at radius 1 is 1.33 bits per heavy atom. The smallest absolute Gasteiger partial charge is 0.258 e. The summed E-state index contributed by atoms with van der Waals surface area (Å²) < 4.78 is 0. The van der Waals surface area contributed by atoms with E-state index in [0.717, 1.165) is 30.0 Å². The molecule has 1 fully saturated rings. The summed E-state index contributed by atoms with van der Waals surface area (Å²) in [4.78, 5) is 27.2. The number of amides is 2. The maximum Gasteiger partial charge on any atom is 0.258 e. The van der Waals surface area contributed by atoms with Crippen LogP contribution < -0.4 is 10.6 Å². The van der Waals surface area contributed by atoms with Gasteiger partial charge >= 0.3 is 0 Å². The minimum Gasteiger partial charge on any atom is -0.364 e. The third-order valence-corrected chi connectivity index (χ3v) is 5.74. The predicted molar refractivity (Wildman–Crippen MR) is 105 cm³/mol. The van der Waals surface area contributed by atoms with Crippen molar-refractivity contribution in [1.82, 2.24) is 15.1 Å². The molecule has 0 saturated heterocycles. The van der Waals surface area contributed by atoms with Crippen molar-refractivity contribution >= 4 is 34.0 Å². The molecule has 4 rings (SSSR count). The molecule has 8 heteroatoms. The molecule has 2 N–H and O–H groups in total. The van der Waals surface area contributed by atoms with Crippen molar-refractivity contribution in [3.63, 3.8) is 0 Å². The number of anilines is 2. The summed E-state index contributed by atoms with van der Waals surface area (Å²) in [5.74, 6) is 0.515. The van der Waals surface area contributed by atoms with Crippen molar-refractivity contribution in [1.29, 1.82) is 0 Å². The van der Waals surface area contributed by atoms with E-state index in [4.69, 9.17) is 0 Å².